The second-order valence-electron chi connectivity index (χ2n) is 5.68. The van der Waals surface area contributed by atoms with Crippen LogP contribution in [0.25, 0.3) is 10.9 Å². The Hall–Kier alpha value is -2.62. The number of hydrogen-bond donors (Lipinski definition) is 1. The zero-order valence-corrected chi connectivity index (χ0v) is 12.8. The van der Waals surface area contributed by atoms with E-state index in [0.29, 0.717) is 11.9 Å². The van der Waals surface area contributed by atoms with E-state index >= 15 is 0 Å². The van der Waals surface area contributed by atoms with Crippen molar-refractivity contribution in [3.05, 3.63) is 76.1 Å². The Balaban J connectivity index is 2.33. The fraction of sp³-hybridized carbons (Fsp3) is 0.222. The van der Waals surface area contributed by atoms with Crippen LogP contribution in [0.5, 0.6) is 0 Å². The summed E-state index contributed by atoms with van der Waals surface area (Å²) in [5, 5.41) is 9.13. The van der Waals surface area contributed by atoms with E-state index in [1.165, 1.54) is 0 Å². The first kappa shape index (κ1) is 14.3. The van der Waals surface area contributed by atoms with Gasteiger partial charge in [-0.1, -0.05) is 42.5 Å². The third-order valence-corrected chi connectivity index (χ3v) is 3.83. The normalized spacial score (nSPS) is 11.2. The highest BCUT2D eigenvalue weighted by atomic mass is 16.1. The zero-order chi connectivity index (χ0) is 15.7. The molecule has 112 valence electrons. The predicted octanol–water partition coefficient (Wildman–Crippen LogP) is 2.91. The van der Waals surface area contributed by atoms with Crippen molar-refractivity contribution in [2.45, 2.75) is 26.4 Å². The summed E-state index contributed by atoms with van der Waals surface area (Å²) in [5.41, 5.74) is 2.06. The summed E-state index contributed by atoms with van der Waals surface area (Å²) in [4.78, 5) is 12.6. The smallest absolute Gasteiger partial charge is 0.262 e. The van der Waals surface area contributed by atoms with Crippen LogP contribution in [0.15, 0.2) is 59.4 Å². The first-order valence-electron chi connectivity index (χ1n) is 7.42. The number of rotatable bonds is 3. The molecule has 0 aliphatic heterocycles. The molecule has 3 rings (SSSR count). The van der Waals surface area contributed by atoms with Gasteiger partial charge in [-0.25, -0.2) is 0 Å². The first-order valence-corrected chi connectivity index (χ1v) is 7.42. The minimum absolute atomic E-state index is 0.0494. The molecule has 2 aromatic carbocycles. The Labute approximate surface area is 128 Å². The van der Waals surface area contributed by atoms with E-state index in [0.717, 1.165) is 11.1 Å². The van der Waals surface area contributed by atoms with E-state index in [2.05, 4.69) is 0 Å². The van der Waals surface area contributed by atoms with Crippen LogP contribution in [0.2, 0.25) is 0 Å². The number of hydrogen-bond acceptors (Lipinski definition) is 2. The van der Waals surface area contributed by atoms with Crippen LogP contribution in [-0.4, -0.2) is 9.13 Å². The van der Waals surface area contributed by atoms with Crippen molar-refractivity contribution >= 4 is 10.9 Å². The van der Waals surface area contributed by atoms with Crippen molar-refractivity contribution in [1.29, 1.82) is 5.41 Å². The van der Waals surface area contributed by atoms with E-state index in [9.17, 15) is 4.79 Å². The van der Waals surface area contributed by atoms with Crippen molar-refractivity contribution in [2.24, 2.45) is 0 Å². The van der Waals surface area contributed by atoms with Gasteiger partial charge in [-0.05, 0) is 31.5 Å². The molecule has 0 amide bonds. The van der Waals surface area contributed by atoms with Crippen molar-refractivity contribution in [1.82, 2.24) is 9.13 Å². The number of para-hydroxylation sites is 1. The van der Waals surface area contributed by atoms with Gasteiger partial charge >= 0.3 is 0 Å². The lowest BCUT2D eigenvalue weighted by atomic mass is 10.2. The van der Waals surface area contributed by atoms with Crippen LogP contribution < -0.4 is 11.2 Å². The Bertz CT molecular complexity index is 920. The molecular formula is C18H19N3O. The Kier molecular flexibility index (Phi) is 3.67. The third kappa shape index (κ3) is 2.37. The summed E-state index contributed by atoms with van der Waals surface area (Å²) in [6.45, 7) is 4.44. The molecular weight excluding hydrogens is 274 g/mol. The summed E-state index contributed by atoms with van der Waals surface area (Å²) in [5.74, 6) is 0. The SMILES string of the molecule is CC(C)n1c(=O)c2ccccc2n(Cc2ccccc2)c1=N. The maximum Gasteiger partial charge on any atom is 0.262 e. The Morgan fingerprint density at radius 1 is 1.00 bits per heavy atom. The molecule has 0 aliphatic carbocycles. The second kappa shape index (κ2) is 5.64. The van der Waals surface area contributed by atoms with Gasteiger partial charge < -0.3 is 4.57 Å². The first-order chi connectivity index (χ1) is 10.6. The molecule has 1 aromatic heterocycles. The maximum atomic E-state index is 12.6. The topological polar surface area (TPSA) is 50.8 Å². The summed E-state index contributed by atoms with van der Waals surface area (Å²) >= 11 is 0. The van der Waals surface area contributed by atoms with Crippen molar-refractivity contribution in [3.8, 4) is 0 Å². The lowest BCUT2D eigenvalue weighted by molar-refractivity contribution is 0.505. The standard InChI is InChI=1S/C18H19N3O/c1-13(2)21-17(22)15-10-6-7-11-16(15)20(18(21)19)12-14-8-4-3-5-9-14/h3-11,13,19H,12H2,1-2H3. The van der Waals surface area contributed by atoms with Gasteiger partial charge in [-0.2, -0.15) is 0 Å². The van der Waals surface area contributed by atoms with Crippen LogP contribution in [0.1, 0.15) is 25.5 Å². The van der Waals surface area contributed by atoms with E-state index in [-0.39, 0.29) is 17.2 Å². The van der Waals surface area contributed by atoms with Crippen LogP contribution in [0.4, 0.5) is 0 Å². The highest BCUT2D eigenvalue weighted by molar-refractivity contribution is 5.77. The molecule has 0 bridgehead atoms. The van der Waals surface area contributed by atoms with Crippen LogP contribution in [0.3, 0.4) is 0 Å². The van der Waals surface area contributed by atoms with Crippen LogP contribution >= 0.6 is 0 Å². The minimum atomic E-state index is -0.0973. The van der Waals surface area contributed by atoms with Crippen LogP contribution in [0, 0.1) is 5.41 Å². The summed E-state index contributed by atoms with van der Waals surface area (Å²) in [6.07, 6.45) is 0. The van der Waals surface area contributed by atoms with Gasteiger partial charge in [0.25, 0.3) is 5.56 Å². The molecule has 0 aliphatic rings. The highest BCUT2D eigenvalue weighted by Crippen LogP contribution is 2.11. The van der Waals surface area contributed by atoms with Gasteiger partial charge in [0, 0.05) is 6.04 Å². The molecule has 4 heteroatoms. The van der Waals surface area contributed by atoms with Crippen molar-refractivity contribution in [2.75, 3.05) is 0 Å². The molecule has 0 spiro atoms. The zero-order valence-electron chi connectivity index (χ0n) is 12.8. The maximum absolute atomic E-state index is 12.6. The predicted molar refractivity (Wildman–Crippen MR) is 88.0 cm³/mol. The number of nitrogens with one attached hydrogen (secondary N) is 1. The molecule has 3 aromatic rings. The summed E-state index contributed by atoms with van der Waals surface area (Å²) < 4.78 is 3.44. The fourth-order valence-corrected chi connectivity index (χ4v) is 2.77. The Morgan fingerprint density at radius 3 is 2.32 bits per heavy atom. The molecule has 1 heterocycles. The molecule has 1 N–H and O–H groups in total. The van der Waals surface area contributed by atoms with E-state index in [4.69, 9.17) is 5.41 Å². The average Bonchev–Trinajstić information content (AvgIpc) is 2.52. The molecule has 0 saturated carbocycles. The molecule has 22 heavy (non-hydrogen) atoms. The fourth-order valence-electron chi connectivity index (χ4n) is 2.77. The minimum Gasteiger partial charge on any atom is -0.307 e. The lowest BCUT2D eigenvalue weighted by Gasteiger charge is -2.18. The van der Waals surface area contributed by atoms with Gasteiger partial charge in [-0.15, -0.1) is 0 Å². The molecule has 0 fully saturated rings. The third-order valence-electron chi connectivity index (χ3n) is 3.83. The molecule has 0 atom stereocenters. The average molecular weight is 293 g/mol. The number of aromatic nitrogens is 2. The van der Waals surface area contributed by atoms with Crippen LogP contribution in [-0.2, 0) is 6.54 Å². The molecule has 4 nitrogen and oxygen atoms in total. The van der Waals surface area contributed by atoms with Gasteiger partial charge in [-0.3, -0.25) is 14.8 Å². The number of fused-ring (bicyclic) bond motifs is 1. The Morgan fingerprint density at radius 2 is 1.64 bits per heavy atom. The summed E-state index contributed by atoms with van der Waals surface area (Å²) in [7, 11) is 0. The lowest BCUT2D eigenvalue weighted by Crippen LogP contribution is -2.41. The number of benzene rings is 2. The van der Waals surface area contributed by atoms with Crippen molar-refractivity contribution < 1.29 is 0 Å². The quantitative estimate of drug-likeness (QED) is 0.793. The molecule has 0 unspecified atom stereocenters. The van der Waals surface area contributed by atoms with E-state index < -0.39 is 0 Å². The molecule has 0 radical (unpaired) electrons. The van der Waals surface area contributed by atoms with E-state index in [1.54, 1.807) is 4.57 Å². The monoisotopic (exact) mass is 293 g/mol. The van der Waals surface area contributed by atoms with E-state index in [1.807, 2.05) is 73.0 Å². The number of nitrogens with zero attached hydrogens (tertiary/aromatic N) is 2. The van der Waals surface area contributed by atoms with Gasteiger partial charge in [0.2, 0.25) is 5.62 Å². The van der Waals surface area contributed by atoms with Gasteiger partial charge in [0.1, 0.15) is 0 Å². The molecule has 0 saturated heterocycles. The largest absolute Gasteiger partial charge is 0.307 e. The van der Waals surface area contributed by atoms with Crippen molar-refractivity contribution in [3.63, 3.8) is 0 Å². The van der Waals surface area contributed by atoms with Gasteiger partial charge in [0.05, 0.1) is 17.4 Å². The van der Waals surface area contributed by atoms with Gasteiger partial charge in [0.15, 0.2) is 0 Å². The second-order valence-corrected chi connectivity index (χ2v) is 5.68. The highest BCUT2D eigenvalue weighted by Gasteiger charge is 2.12. The summed E-state index contributed by atoms with van der Waals surface area (Å²) in [6, 6.07) is 17.5.